The van der Waals surface area contributed by atoms with Gasteiger partial charge in [0.15, 0.2) is 5.82 Å². The Kier molecular flexibility index (Phi) is 4.35. The summed E-state index contributed by atoms with van der Waals surface area (Å²) in [6, 6.07) is 12.0. The predicted molar refractivity (Wildman–Crippen MR) is 96.1 cm³/mol. The van der Waals surface area contributed by atoms with Crippen molar-refractivity contribution in [1.82, 2.24) is 10.1 Å². The van der Waals surface area contributed by atoms with Gasteiger partial charge in [0.05, 0.1) is 7.11 Å². The summed E-state index contributed by atoms with van der Waals surface area (Å²) in [5, 5.41) is 3.97. The number of para-hydroxylation sites is 1. The molecule has 0 unspecified atom stereocenters. The molecule has 0 radical (unpaired) electrons. The third-order valence-corrected chi connectivity index (χ3v) is 4.69. The lowest BCUT2D eigenvalue weighted by Gasteiger charge is -2.21. The minimum Gasteiger partial charge on any atom is -0.497 e. The molecule has 0 aliphatic carbocycles. The third kappa shape index (κ3) is 3.16. The van der Waals surface area contributed by atoms with Crippen LogP contribution in [0.2, 0.25) is 0 Å². The standard InChI is InChI=1S/C20H18FN3O3/c1-12(25)24-17-6-4-3-5-14(17)9-18(24)20-22-19(23-27-20)10-13-7-8-15(26-2)11-16(13)21/h3-8,11,18H,9-10H2,1-2H3/t18-/m0/s1. The fraction of sp³-hybridized carbons (Fsp3) is 0.250. The first-order chi connectivity index (χ1) is 13.1. The highest BCUT2D eigenvalue weighted by Gasteiger charge is 2.36. The zero-order chi connectivity index (χ0) is 19.0. The van der Waals surface area contributed by atoms with E-state index >= 15 is 0 Å². The molecule has 7 heteroatoms. The molecule has 1 atom stereocenters. The minimum atomic E-state index is -0.390. The predicted octanol–water partition coefficient (Wildman–Crippen LogP) is 3.46. The maximum atomic E-state index is 14.2. The van der Waals surface area contributed by atoms with Gasteiger partial charge in [-0.3, -0.25) is 9.69 Å². The summed E-state index contributed by atoms with van der Waals surface area (Å²) in [5.74, 6) is 0.690. The van der Waals surface area contributed by atoms with E-state index in [2.05, 4.69) is 10.1 Å². The Bertz CT molecular complexity index is 1000. The molecule has 0 saturated carbocycles. The summed E-state index contributed by atoms with van der Waals surface area (Å²) in [5.41, 5.74) is 2.36. The number of anilines is 1. The molecule has 2 aromatic carbocycles. The van der Waals surface area contributed by atoms with E-state index in [9.17, 15) is 9.18 Å². The van der Waals surface area contributed by atoms with E-state index in [0.29, 0.717) is 29.4 Å². The van der Waals surface area contributed by atoms with E-state index in [1.807, 2.05) is 24.3 Å². The molecule has 27 heavy (non-hydrogen) atoms. The van der Waals surface area contributed by atoms with Gasteiger partial charge in [0, 0.05) is 31.5 Å². The van der Waals surface area contributed by atoms with Crippen LogP contribution < -0.4 is 9.64 Å². The van der Waals surface area contributed by atoms with Gasteiger partial charge in [-0.05, 0) is 23.3 Å². The van der Waals surface area contributed by atoms with Crippen molar-refractivity contribution in [2.75, 3.05) is 12.0 Å². The summed E-state index contributed by atoms with van der Waals surface area (Å²) in [6.07, 6.45) is 0.799. The van der Waals surface area contributed by atoms with Crippen molar-refractivity contribution in [2.45, 2.75) is 25.8 Å². The first-order valence-corrected chi connectivity index (χ1v) is 8.59. The van der Waals surface area contributed by atoms with Crippen LogP contribution in [-0.2, 0) is 17.6 Å². The molecule has 0 fully saturated rings. The smallest absolute Gasteiger partial charge is 0.250 e. The van der Waals surface area contributed by atoms with Crippen LogP contribution >= 0.6 is 0 Å². The highest BCUT2D eigenvalue weighted by molar-refractivity contribution is 5.94. The maximum absolute atomic E-state index is 14.2. The Morgan fingerprint density at radius 1 is 1.33 bits per heavy atom. The van der Waals surface area contributed by atoms with Crippen LogP contribution in [-0.4, -0.2) is 23.2 Å². The highest BCUT2D eigenvalue weighted by Crippen LogP contribution is 2.39. The fourth-order valence-electron chi connectivity index (χ4n) is 3.42. The number of methoxy groups -OCH3 is 1. The molecule has 0 saturated heterocycles. The number of ether oxygens (including phenoxy) is 1. The number of carbonyl (C=O) groups is 1. The lowest BCUT2D eigenvalue weighted by Crippen LogP contribution is -2.30. The van der Waals surface area contributed by atoms with Crippen LogP contribution in [0.4, 0.5) is 10.1 Å². The van der Waals surface area contributed by atoms with Crippen molar-refractivity contribution in [2.24, 2.45) is 0 Å². The van der Waals surface area contributed by atoms with Crippen molar-refractivity contribution in [1.29, 1.82) is 0 Å². The molecule has 1 aromatic heterocycles. The van der Waals surface area contributed by atoms with Gasteiger partial charge in [0.25, 0.3) is 0 Å². The molecule has 6 nitrogen and oxygen atoms in total. The number of rotatable bonds is 4. The molecule has 0 spiro atoms. The monoisotopic (exact) mass is 367 g/mol. The van der Waals surface area contributed by atoms with Gasteiger partial charge < -0.3 is 9.26 Å². The summed E-state index contributed by atoms with van der Waals surface area (Å²) in [6.45, 7) is 1.51. The Morgan fingerprint density at radius 3 is 2.89 bits per heavy atom. The van der Waals surface area contributed by atoms with E-state index in [0.717, 1.165) is 11.3 Å². The topological polar surface area (TPSA) is 68.5 Å². The number of hydrogen-bond acceptors (Lipinski definition) is 5. The summed E-state index contributed by atoms with van der Waals surface area (Å²) >= 11 is 0. The van der Waals surface area contributed by atoms with Crippen LogP contribution in [0.25, 0.3) is 0 Å². The van der Waals surface area contributed by atoms with Gasteiger partial charge in [-0.15, -0.1) is 0 Å². The van der Waals surface area contributed by atoms with Gasteiger partial charge >= 0.3 is 0 Å². The van der Waals surface area contributed by atoms with E-state index in [-0.39, 0.29) is 24.2 Å². The van der Waals surface area contributed by atoms with Crippen LogP contribution in [0.1, 0.15) is 35.8 Å². The molecular weight excluding hydrogens is 349 g/mol. The van der Waals surface area contributed by atoms with E-state index < -0.39 is 0 Å². The second-order valence-corrected chi connectivity index (χ2v) is 6.42. The lowest BCUT2D eigenvalue weighted by molar-refractivity contribution is -0.117. The Morgan fingerprint density at radius 2 is 2.15 bits per heavy atom. The second kappa shape index (κ2) is 6.83. The molecule has 4 rings (SSSR count). The van der Waals surface area contributed by atoms with Crippen LogP contribution in [0.15, 0.2) is 47.0 Å². The normalized spacial score (nSPS) is 15.7. The van der Waals surface area contributed by atoms with Crippen molar-refractivity contribution in [3.05, 3.63) is 71.1 Å². The SMILES string of the molecule is COc1ccc(Cc2noc([C@@H]3Cc4ccccc4N3C(C)=O)n2)c(F)c1. The quantitative estimate of drug-likeness (QED) is 0.706. The first kappa shape index (κ1) is 17.2. The van der Waals surface area contributed by atoms with Gasteiger partial charge in [-0.2, -0.15) is 4.98 Å². The van der Waals surface area contributed by atoms with Gasteiger partial charge in [0.1, 0.15) is 17.6 Å². The minimum absolute atomic E-state index is 0.0918. The molecule has 2 heterocycles. The van der Waals surface area contributed by atoms with Gasteiger partial charge in [-0.1, -0.05) is 29.4 Å². The zero-order valence-corrected chi connectivity index (χ0v) is 15.0. The van der Waals surface area contributed by atoms with E-state index in [4.69, 9.17) is 9.26 Å². The molecule has 1 aliphatic heterocycles. The summed E-state index contributed by atoms with van der Waals surface area (Å²) < 4.78 is 24.6. The number of halogens is 1. The average Bonchev–Trinajstić information content (AvgIpc) is 3.27. The number of fused-ring (bicyclic) bond motifs is 1. The Labute approximate surface area is 155 Å². The molecule has 138 valence electrons. The number of hydrogen-bond donors (Lipinski definition) is 0. The van der Waals surface area contributed by atoms with Crippen molar-refractivity contribution in [3.63, 3.8) is 0 Å². The molecular formula is C20H18FN3O3. The third-order valence-electron chi connectivity index (χ3n) is 4.69. The van der Waals surface area contributed by atoms with Crippen molar-refractivity contribution in [3.8, 4) is 5.75 Å². The number of nitrogens with zero attached hydrogens (tertiary/aromatic N) is 3. The van der Waals surface area contributed by atoms with Crippen molar-refractivity contribution < 1.29 is 18.4 Å². The first-order valence-electron chi connectivity index (χ1n) is 8.59. The fourth-order valence-corrected chi connectivity index (χ4v) is 3.42. The molecule has 1 aliphatic rings. The van der Waals surface area contributed by atoms with Crippen molar-refractivity contribution >= 4 is 11.6 Å². The average molecular weight is 367 g/mol. The number of carbonyl (C=O) groups excluding carboxylic acids is 1. The highest BCUT2D eigenvalue weighted by atomic mass is 19.1. The maximum Gasteiger partial charge on any atom is 0.250 e. The van der Waals surface area contributed by atoms with Crippen LogP contribution in [0, 0.1) is 5.82 Å². The van der Waals surface area contributed by atoms with E-state index in [1.165, 1.54) is 20.1 Å². The number of aromatic nitrogens is 2. The molecule has 0 bridgehead atoms. The van der Waals surface area contributed by atoms with Gasteiger partial charge in [0.2, 0.25) is 11.8 Å². The zero-order valence-electron chi connectivity index (χ0n) is 15.0. The number of amides is 1. The second-order valence-electron chi connectivity index (χ2n) is 6.42. The summed E-state index contributed by atoms with van der Waals surface area (Å²) in [4.78, 5) is 18.3. The molecule has 1 amide bonds. The largest absolute Gasteiger partial charge is 0.497 e. The summed E-state index contributed by atoms with van der Waals surface area (Å²) in [7, 11) is 1.49. The Hall–Kier alpha value is -3.22. The lowest BCUT2D eigenvalue weighted by atomic mass is 10.1. The van der Waals surface area contributed by atoms with E-state index in [1.54, 1.807) is 17.0 Å². The van der Waals surface area contributed by atoms with Crippen LogP contribution in [0.5, 0.6) is 5.75 Å². The van der Waals surface area contributed by atoms with Crippen LogP contribution in [0.3, 0.4) is 0 Å². The Balaban J connectivity index is 1.59. The number of benzene rings is 2. The molecule has 0 N–H and O–H groups in total. The molecule has 3 aromatic rings. The van der Waals surface area contributed by atoms with Gasteiger partial charge in [-0.25, -0.2) is 4.39 Å².